The smallest absolute Gasteiger partial charge is 0.325 e. The molecule has 0 radical (unpaired) electrons. The predicted molar refractivity (Wildman–Crippen MR) is 112 cm³/mol. The molecule has 0 unspecified atom stereocenters. The lowest BCUT2D eigenvalue weighted by molar-refractivity contribution is -0.105. The van der Waals surface area contributed by atoms with Gasteiger partial charge in [-0.15, -0.1) is 11.8 Å². The summed E-state index contributed by atoms with van der Waals surface area (Å²) >= 11 is 8.01. The van der Waals surface area contributed by atoms with Crippen LogP contribution in [0.1, 0.15) is 34.1 Å². The summed E-state index contributed by atoms with van der Waals surface area (Å²) in [6, 6.07) is 8.54. The number of rotatable bonds is 2. The lowest BCUT2D eigenvalue weighted by Gasteiger charge is -2.04. The topological polar surface area (TPSA) is 121 Å². The second-order valence-electron chi connectivity index (χ2n) is 3.95. The minimum Gasteiger partial charge on any atom is -0.325 e. The number of thioether (sulfide) groups is 1. The molecule has 0 saturated heterocycles. The van der Waals surface area contributed by atoms with Gasteiger partial charge in [-0.1, -0.05) is 52.3 Å². The highest BCUT2D eigenvalue weighted by atomic mass is 32.5. The molecule has 164 valence electrons. The first-order valence-corrected chi connectivity index (χ1v) is 13.6. The van der Waals surface area contributed by atoms with Crippen molar-refractivity contribution in [1.82, 2.24) is 0 Å². The summed E-state index contributed by atoms with van der Waals surface area (Å²) in [4.78, 5) is 46.0. The Labute approximate surface area is 172 Å². The third-order valence-corrected chi connectivity index (χ3v) is 2.22. The van der Waals surface area contributed by atoms with E-state index >= 15 is 0 Å². The van der Waals surface area contributed by atoms with Crippen LogP contribution in [0, 0.1) is 0 Å². The van der Waals surface area contributed by atoms with E-state index in [4.69, 9.17) is 29.4 Å². The Morgan fingerprint density at radius 3 is 1.33 bits per heavy atom. The van der Waals surface area contributed by atoms with Crippen LogP contribution in [-0.4, -0.2) is 41.3 Å². The molecule has 1 aromatic carbocycles. The first-order valence-electron chi connectivity index (χ1n) is 7.30. The third kappa shape index (κ3) is 75.8. The summed E-state index contributed by atoms with van der Waals surface area (Å²) in [7, 11) is 0. The van der Waals surface area contributed by atoms with Crippen LogP contribution in [0.2, 0.25) is 0 Å². The largest absolute Gasteiger partial charge is 0.398 e. The van der Waals surface area contributed by atoms with Crippen molar-refractivity contribution in [3.05, 3.63) is 30.3 Å². The lowest BCUT2D eigenvalue weighted by Crippen LogP contribution is -2.10. The normalized spacial score (nSPS) is 10.4. The Morgan fingerprint density at radius 2 is 1.11 bits per heavy atom. The van der Waals surface area contributed by atoms with Crippen molar-refractivity contribution in [3.8, 4) is 0 Å². The van der Waals surface area contributed by atoms with Crippen LogP contribution in [0.5, 0.6) is 0 Å². The van der Waals surface area contributed by atoms with Crippen LogP contribution in [0.25, 0.3) is 0 Å². The van der Waals surface area contributed by atoms with Gasteiger partial charge < -0.3 is 29.4 Å². The molecule has 0 bridgehead atoms. The van der Waals surface area contributed by atoms with Gasteiger partial charge >= 0.3 is 19.6 Å². The molecule has 0 saturated carbocycles. The van der Waals surface area contributed by atoms with Gasteiger partial charge in [-0.3, -0.25) is 0 Å². The average Bonchev–Trinajstić information content (AvgIpc) is 2.45. The third-order valence-electron chi connectivity index (χ3n) is 1.15. The molecule has 1 aromatic rings. The minimum atomic E-state index is -4.08. The van der Waals surface area contributed by atoms with Gasteiger partial charge in [-0.25, -0.2) is 0 Å². The van der Waals surface area contributed by atoms with Crippen LogP contribution < -0.4 is 0 Å². The monoisotopic (exact) mass is 494 g/mol. The second-order valence-corrected chi connectivity index (χ2v) is 9.99. The molecule has 0 fully saturated rings. The molecule has 0 aliphatic rings. The van der Waals surface area contributed by atoms with Crippen LogP contribution >= 0.6 is 25.2 Å². The molecule has 6 N–H and O–H groups in total. The Morgan fingerprint density at radius 1 is 0.852 bits per heavy atom. The Bertz CT molecular complexity index is 487. The Balaban J connectivity index is -0.000000148. The van der Waals surface area contributed by atoms with E-state index in [1.54, 1.807) is 30.3 Å². The van der Waals surface area contributed by atoms with Crippen LogP contribution in [0.15, 0.2) is 35.2 Å². The Hall–Kier alpha value is 0.420. The summed E-state index contributed by atoms with van der Waals surface area (Å²) in [6.45, 7) is 0.639. The summed E-state index contributed by atoms with van der Waals surface area (Å²) in [6.07, 6.45) is -2.83. The van der Waals surface area contributed by atoms with Gasteiger partial charge in [-0.2, -0.15) is 13.2 Å². The van der Waals surface area contributed by atoms with Crippen molar-refractivity contribution in [2.45, 2.75) is 45.2 Å². The van der Waals surface area contributed by atoms with Gasteiger partial charge in [0.15, 0.2) is 0 Å². The van der Waals surface area contributed by atoms with Gasteiger partial charge in [0.05, 0.1) is 5.75 Å². The van der Waals surface area contributed by atoms with E-state index in [-0.39, 0.29) is 0 Å². The van der Waals surface area contributed by atoms with Crippen molar-refractivity contribution >= 4 is 48.8 Å². The van der Waals surface area contributed by atoms with E-state index in [9.17, 15) is 13.2 Å². The van der Waals surface area contributed by atoms with Crippen molar-refractivity contribution in [3.63, 3.8) is 0 Å². The molecule has 0 spiro atoms. The van der Waals surface area contributed by atoms with E-state index in [1.807, 2.05) is 13.8 Å². The predicted octanol–water partition coefficient (Wildman–Crippen LogP) is 4.16. The average molecular weight is 494 g/mol. The molecule has 0 aliphatic heterocycles. The zero-order chi connectivity index (χ0) is 22.7. The van der Waals surface area contributed by atoms with E-state index in [2.05, 4.69) is 37.5 Å². The molecule has 0 heterocycles. The fourth-order valence-corrected chi connectivity index (χ4v) is 1.36. The highest BCUT2D eigenvalue weighted by Crippen LogP contribution is 2.27. The molecule has 0 aliphatic carbocycles. The van der Waals surface area contributed by atoms with Crippen molar-refractivity contribution < 1.29 is 42.5 Å². The fraction of sp³-hybridized carbons (Fsp3) is 0.538. The van der Waals surface area contributed by atoms with Crippen LogP contribution in [0.3, 0.4) is 0 Å². The first-order chi connectivity index (χ1) is 12.0. The zero-order valence-electron chi connectivity index (χ0n) is 15.2. The molecular formula is C13H27F3O6P2S3. The molecule has 0 aromatic heterocycles. The van der Waals surface area contributed by atoms with Crippen LogP contribution in [-0.2, 0) is 23.6 Å². The fourth-order valence-electron chi connectivity index (χ4n) is 0.682. The van der Waals surface area contributed by atoms with Gasteiger partial charge in [0.1, 0.15) is 0 Å². The molecular weight excluding hydrogens is 467 g/mol. The molecule has 1 rings (SSSR count). The molecule has 0 amide bonds. The number of hydrogen-bond acceptors (Lipinski definition) is 3. The van der Waals surface area contributed by atoms with E-state index < -0.39 is 25.4 Å². The number of halogens is 3. The molecule has 14 heteroatoms. The maximum atomic E-state index is 11.7. The van der Waals surface area contributed by atoms with E-state index in [0.717, 1.165) is 11.8 Å². The number of benzene rings is 1. The summed E-state index contributed by atoms with van der Waals surface area (Å²) < 4.78 is 35.2. The lowest BCUT2D eigenvalue weighted by atomic mass is 10.4. The van der Waals surface area contributed by atoms with Crippen molar-refractivity contribution in [2.75, 3.05) is 5.75 Å². The van der Waals surface area contributed by atoms with E-state index in [1.165, 1.54) is 6.42 Å². The molecule has 6 nitrogen and oxygen atoms in total. The van der Waals surface area contributed by atoms with E-state index in [0.29, 0.717) is 4.90 Å². The highest BCUT2D eigenvalue weighted by Gasteiger charge is 2.26. The van der Waals surface area contributed by atoms with Gasteiger partial charge in [0, 0.05) is 4.90 Å². The minimum absolute atomic E-state index is 0.648. The first kappa shape index (κ1) is 34.9. The number of alkyl halides is 3. The van der Waals surface area contributed by atoms with Gasteiger partial charge in [-0.05, 0) is 35.7 Å². The van der Waals surface area contributed by atoms with Gasteiger partial charge in [0.25, 0.3) is 0 Å². The maximum absolute atomic E-state index is 11.7. The summed E-state index contributed by atoms with van der Waals surface area (Å²) in [5.41, 5.74) is 0. The Kier molecular flexibility index (Phi) is 25.5. The highest BCUT2D eigenvalue weighted by molar-refractivity contribution is 8.06. The zero-order valence-corrected chi connectivity index (χ0v) is 19.5. The van der Waals surface area contributed by atoms with Gasteiger partial charge in [0.2, 0.25) is 0 Å². The quantitative estimate of drug-likeness (QED) is 0.266. The number of hydrogen-bond donors (Lipinski definition) is 6. The SMILES string of the molecule is CC.CCC.FC(F)(F)CSc1ccccc1.OP(O)(O)=S.OP(O)(O)=S. The summed E-state index contributed by atoms with van der Waals surface area (Å²) in [5.74, 6) is -0.822. The van der Waals surface area contributed by atoms with Crippen LogP contribution in [0.4, 0.5) is 13.2 Å². The second kappa shape index (κ2) is 19.7. The standard InChI is InChI=1S/C8H7F3S.C3H8.C2H6.2H3O3PS/c9-8(10,11)6-12-7-4-2-1-3-5-7;1-3-2;1-2;2*1-4(2,3)5/h1-5H,6H2;3H2,1-2H3;1-2H3;2*(H3,1,2,3,5). The van der Waals surface area contributed by atoms with Crippen molar-refractivity contribution in [2.24, 2.45) is 0 Å². The molecule has 0 atom stereocenters. The maximum Gasteiger partial charge on any atom is 0.398 e. The summed E-state index contributed by atoms with van der Waals surface area (Å²) in [5, 5.41) is 0. The van der Waals surface area contributed by atoms with Crippen molar-refractivity contribution in [1.29, 1.82) is 0 Å². The molecule has 27 heavy (non-hydrogen) atoms.